The Hall–Kier alpha value is -1.46. The maximum absolute atomic E-state index is 12.9. The molecule has 1 aliphatic carbocycles. The molecule has 5 heteroatoms. The van der Waals surface area contributed by atoms with E-state index in [9.17, 15) is 9.90 Å². The van der Waals surface area contributed by atoms with Gasteiger partial charge in [0.1, 0.15) is 0 Å². The van der Waals surface area contributed by atoms with Crippen LogP contribution in [0.5, 0.6) is 0 Å². The van der Waals surface area contributed by atoms with Crippen molar-refractivity contribution in [2.45, 2.75) is 58.0 Å². The summed E-state index contributed by atoms with van der Waals surface area (Å²) in [4.78, 5) is 17.6. The largest absolute Gasteiger partial charge is 0.388 e. The zero-order valence-corrected chi connectivity index (χ0v) is 15.3. The van der Waals surface area contributed by atoms with Crippen LogP contribution in [0.2, 0.25) is 0 Å². The van der Waals surface area contributed by atoms with Gasteiger partial charge in [-0.1, -0.05) is 26.0 Å². The standard InChI is InChI=1S/C19H26N2O2S/c1-3-18(4-2,17(22)20-13-19(23)10-7-11-19)12-16-21-14-8-5-6-9-15(14)24-16/h5-6,8-9,23H,3-4,7,10-13H2,1-2H3,(H,20,22). The number of hydrogen-bond donors (Lipinski definition) is 2. The fraction of sp³-hybridized carbons (Fsp3) is 0.579. The fourth-order valence-corrected chi connectivity index (χ4v) is 4.49. The summed E-state index contributed by atoms with van der Waals surface area (Å²) in [6, 6.07) is 8.09. The van der Waals surface area contributed by atoms with E-state index in [1.54, 1.807) is 11.3 Å². The molecule has 0 atom stereocenters. The van der Waals surface area contributed by atoms with E-state index in [0.29, 0.717) is 13.0 Å². The molecule has 2 N–H and O–H groups in total. The van der Waals surface area contributed by atoms with Gasteiger partial charge in [-0.2, -0.15) is 0 Å². The number of aromatic nitrogens is 1. The van der Waals surface area contributed by atoms with E-state index in [-0.39, 0.29) is 5.91 Å². The summed E-state index contributed by atoms with van der Waals surface area (Å²) >= 11 is 1.67. The minimum Gasteiger partial charge on any atom is -0.388 e. The fourth-order valence-electron chi connectivity index (χ4n) is 3.38. The van der Waals surface area contributed by atoms with E-state index in [1.165, 1.54) is 0 Å². The first kappa shape index (κ1) is 17.4. The Morgan fingerprint density at radius 1 is 1.33 bits per heavy atom. The Kier molecular flexibility index (Phi) is 4.92. The molecule has 3 rings (SSSR count). The summed E-state index contributed by atoms with van der Waals surface area (Å²) < 4.78 is 1.16. The van der Waals surface area contributed by atoms with Crippen molar-refractivity contribution in [3.63, 3.8) is 0 Å². The molecule has 2 aromatic rings. The molecule has 130 valence electrons. The Bertz CT molecular complexity index is 684. The second-order valence-electron chi connectivity index (χ2n) is 7.00. The minimum absolute atomic E-state index is 0.0482. The van der Waals surface area contributed by atoms with Crippen LogP contribution >= 0.6 is 11.3 Å². The van der Waals surface area contributed by atoms with Crippen molar-refractivity contribution >= 4 is 27.5 Å². The van der Waals surface area contributed by atoms with Gasteiger partial charge in [0, 0.05) is 13.0 Å². The van der Waals surface area contributed by atoms with Gasteiger partial charge in [-0.25, -0.2) is 4.98 Å². The number of fused-ring (bicyclic) bond motifs is 1. The van der Waals surface area contributed by atoms with Gasteiger partial charge in [0.2, 0.25) is 5.91 Å². The maximum atomic E-state index is 12.9. The van der Waals surface area contributed by atoms with Gasteiger partial charge in [0.15, 0.2) is 0 Å². The van der Waals surface area contributed by atoms with Crippen molar-refractivity contribution in [2.24, 2.45) is 5.41 Å². The van der Waals surface area contributed by atoms with E-state index in [1.807, 2.05) is 18.2 Å². The third-order valence-corrected chi connectivity index (χ3v) is 6.56. The molecule has 1 amide bonds. The molecule has 1 heterocycles. The van der Waals surface area contributed by atoms with Crippen molar-refractivity contribution in [1.82, 2.24) is 10.3 Å². The quantitative estimate of drug-likeness (QED) is 0.804. The SMILES string of the molecule is CCC(CC)(Cc1nc2ccccc2s1)C(=O)NCC1(O)CCC1. The highest BCUT2D eigenvalue weighted by Gasteiger charge is 2.39. The number of nitrogens with one attached hydrogen (secondary N) is 1. The van der Waals surface area contributed by atoms with Gasteiger partial charge < -0.3 is 10.4 Å². The van der Waals surface area contributed by atoms with Crippen LogP contribution in [0.4, 0.5) is 0 Å². The molecule has 4 nitrogen and oxygen atoms in total. The predicted molar refractivity (Wildman–Crippen MR) is 98.1 cm³/mol. The van der Waals surface area contributed by atoms with Crippen LogP contribution in [0.25, 0.3) is 10.2 Å². The highest BCUT2D eigenvalue weighted by atomic mass is 32.1. The van der Waals surface area contributed by atoms with Crippen LogP contribution in [0.1, 0.15) is 51.0 Å². The molecule has 1 aliphatic rings. The summed E-state index contributed by atoms with van der Waals surface area (Å²) in [6.45, 7) is 4.50. The molecule has 0 spiro atoms. The Balaban J connectivity index is 1.75. The molecule has 1 aromatic heterocycles. The molecular weight excluding hydrogens is 320 g/mol. The lowest BCUT2D eigenvalue weighted by Gasteiger charge is -2.38. The van der Waals surface area contributed by atoms with E-state index in [0.717, 1.165) is 47.3 Å². The Morgan fingerprint density at radius 2 is 2.04 bits per heavy atom. The predicted octanol–water partition coefficient (Wildman–Crippen LogP) is 3.68. The van der Waals surface area contributed by atoms with Gasteiger partial charge in [-0.3, -0.25) is 4.79 Å². The zero-order chi connectivity index (χ0) is 17.2. The molecule has 0 saturated heterocycles. The lowest BCUT2D eigenvalue weighted by atomic mass is 9.77. The first-order valence-corrected chi connectivity index (χ1v) is 9.67. The van der Waals surface area contributed by atoms with E-state index in [2.05, 4.69) is 25.2 Å². The van der Waals surface area contributed by atoms with E-state index >= 15 is 0 Å². The van der Waals surface area contributed by atoms with Crippen molar-refractivity contribution < 1.29 is 9.90 Å². The van der Waals surface area contributed by atoms with Crippen LogP contribution in [-0.4, -0.2) is 28.1 Å². The van der Waals surface area contributed by atoms with Crippen LogP contribution < -0.4 is 5.32 Å². The van der Waals surface area contributed by atoms with E-state index < -0.39 is 11.0 Å². The summed E-state index contributed by atoms with van der Waals surface area (Å²) in [6.07, 6.45) is 4.81. The maximum Gasteiger partial charge on any atom is 0.226 e. The monoisotopic (exact) mass is 346 g/mol. The van der Waals surface area contributed by atoms with Gasteiger partial charge in [0.05, 0.1) is 26.2 Å². The number of nitrogens with zero attached hydrogens (tertiary/aromatic N) is 1. The summed E-state index contributed by atoms with van der Waals surface area (Å²) in [5.41, 5.74) is -0.130. The summed E-state index contributed by atoms with van der Waals surface area (Å²) in [5, 5.41) is 14.3. The third kappa shape index (κ3) is 3.33. The second kappa shape index (κ2) is 6.81. The smallest absolute Gasteiger partial charge is 0.226 e. The second-order valence-corrected chi connectivity index (χ2v) is 8.12. The van der Waals surface area contributed by atoms with Gasteiger partial charge in [-0.05, 0) is 44.2 Å². The first-order valence-electron chi connectivity index (χ1n) is 8.85. The van der Waals surface area contributed by atoms with Crippen molar-refractivity contribution in [3.8, 4) is 0 Å². The first-order chi connectivity index (χ1) is 11.5. The number of rotatable bonds is 7. The van der Waals surface area contributed by atoms with Crippen molar-refractivity contribution in [2.75, 3.05) is 6.54 Å². The van der Waals surface area contributed by atoms with Crippen molar-refractivity contribution in [3.05, 3.63) is 29.3 Å². The Labute approximate surface area is 147 Å². The molecular formula is C19H26N2O2S. The molecule has 0 radical (unpaired) electrons. The molecule has 1 fully saturated rings. The molecule has 24 heavy (non-hydrogen) atoms. The number of para-hydroxylation sites is 1. The topological polar surface area (TPSA) is 62.2 Å². The molecule has 0 aliphatic heterocycles. The molecule has 1 aromatic carbocycles. The van der Waals surface area contributed by atoms with Gasteiger partial charge >= 0.3 is 0 Å². The van der Waals surface area contributed by atoms with Crippen LogP contribution in [-0.2, 0) is 11.2 Å². The lowest BCUT2D eigenvalue weighted by molar-refractivity contribution is -0.134. The molecule has 0 bridgehead atoms. The lowest BCUT2D eigenvalue weighted by Crippen LogP contribution is -2.51. The van der Waals surface area contributed by atoms with Gasteiger partial charge in [-0.15, -0.1) is 11.3 Å². The summed E-state index contributed by atoms with van der Waals surface area (Å²) in [7, 11) is 0. The van der Waals surface area contributed by atoms with Crippen molar-refractivity contribution in [1.29, 1.82) is 0 Å². The molecule has 1 saturated carbocycles. The number of carbonyl (C=O) groups is 1. The third-order valence-electron chi connectivity index (χ3n) is 5.53. The Morgan fingerprint density at radius 3 is 2.62 bits per heavy atom. The average Bonchev–Trinajstić information content (AvgIpc) is 2.98. The van der Waals surface area contributed by atoms with Crippen LogP contribution in [0.15, 0.2) is 24.3 Å². The average molecular weight is 346 g/mol. The molecule has 0 unspecified atom stereocenters. The number of hydrogen-bond acceptors (Lipinski definition) is 4. The minimum atomic E-state index is -0.682. The van der Waals surface area contributed by atoms with Crippen LogP contribution in [0, 0.1) is 5.41 Å². The number of carbonyl (C=O) groups excluding carboxylic acids is 1. The number of benzene rings is 1. The highest BCUT2D eigenvalue weighted by Crippen LogP contribution is 2.35. The highest BCUT2D eigenvalue weighted by molar-refractivity contribution is 7.18. The van der Waals surface area contributed by atoms with Gasteiger partial charge in [0.25, 0.3) is 0 Å². The number of aliphatic hydroxyl groups is 1. The zero-order valence-electron chi connectivity index (χ0n) is 14.5. The number of amides is 1. The van der Waals surface area contributed by atoms with E-state index in [4.69, 9.17) is 4.98 Å². The number of thiazole rings is 1. The normalized spacial score (nSPS) is 16.8. The summed E-state index contributed by atoms with van der Waals surface area (Å²) in [5.74, 6) is 0.0482. The van der Waals surface area contributed by atoms with Crippen LogP contribution in [0.3, 0.4) is 0 Å².